The van der Waals surface area contributed by atoms with Crippen LogP contribution in [0.25, 0.3) is 0 Å². The highest BCUT2D eigenvalue weighted by atomic mass is 16.5. The van der Waals surface area contributed by atoms with Crippen LogP contribution in [0.4, 0.5) is 0 Å². The molecule has 0 radical (unpaired) electrons. The number of carbonyl (C=O) groups is 1. The van der Waals surface area contributed by atoms with Gasteiger partial charge >= 0.3 is 5.97 Å². The number of ether oxygens (including phenoxy) is 2. The lowest BCUT2D eigenvalue weighted by molar-refractivity contribution is -0.159. The molecule has 0 saturated heterocycles. The predicted molar refractivity (Wildman–Crippen MR) is 131 cm³/mol. The maximum Gasteiger partial charge on any atom is 0.307 e. The van der Waals surface area contributed by atoms with E-state index in [0.29, 0.717) is 17.9 Å². The molecule has 4 fully saturated rings. The van der Waals surface area contributed by atoms with Gasteiger partial charge in [-0.15, -0.1) is 0 Å². The molecular formula is C30H42O3. The zero-order valence-corrected chi connectivity index (χ0v) is 20.9. The number of hydrogen-bond donors (Lipinski definition) is 0. The second kappa shape index (κ2) is 8.87. The molecule has 180 valence electrons. The normalized spacial score (nSPS) is 42.4. The summed E-state index contributed by atoms with van der Waals surface area (Å²) in [6.45, 7) is 7.20. The monoisotopic (exact) mass is 450 g/mol. The van der Waals surface area contributed by atoms with Gasteiger partial charge in [0.25, 0.3) is 0 Å². The summed E-state index contributed by atoms with van der Waals surface area (Å²) < 4.78 is 12.2. The van der Waals surface area contributed by atoms with Gasteiger partial charge in [-0.2, -0.15) is 0 Å². The van der Waals surface area contributed by atoms with Crippen molar-refractivity contribution in [1.29, 1.82) is 0 Å². The van der Waals surface area contributed by atoms with Crippen molar-refractivity contribution in [3.63, 3.8) is 0 Å². The summed E-state index contributed by atoms with van der Waals surface area (Å²) >= 11 is 0. The highest BCUT2D eigenvalue weighted by Gasteiger charge is 2.64. The van der Waals surface area contributed by atoms with Crippen LogP contribution in [0.5, 0.6) is 0 Å². The Kier molecular flexibility index (Phi) is 6.22. The Labute approximate surface area is 200 Å². The van der Waals surface area contributed by atoms with Crippen LogP contribution in [0.15, 0.2) is 42.7 Å². The number of benzene rings is 1. The smallest absolute Gasteiger partial charge is 0.307 e. The fraction of sp³-hybridized carbons (Fsp3) is 0.700. The van der Waals surface area contributed by atoms with Crippen molar-refractivity contribution in [3.05, 3.63) is 48.2 Å². The van der Waals surface area contributed by atoms with E-state index in [2.05, 4.69) is 50.3 Å². The first-order valence-corrected chi connectivity index (χ1v) is 13.4. The van der Waals surface area contributed by atoms with Gasteiger partial charge in [0, 0.05) is 12.3 Å². The van der Waals surface area contributed by atoms with E-state index in [-0.39, 0.29) is 17.0 Å². The highest BCUT2D eigenvalue weighted by Crippen LogP contribution is 2.69. The van der Waals surface area contributed by atoms with Gasteiger partial charge in [-0.25, -0.2) is 0 Å². The van der Waals surface area contributed by atoms with Crippen molar-refractivity contribution < 1.29 is 14.3 Å². The molecule has 0 aliphatic heterocycles. The molecule has 5 rings (SSSR count). The van der Waals surface area contributed by atoms with Crippen molar-refractivity contribution in [1.82, 2.24) is 0 Å². The number of hydrogen-bond acceptors (Lipinski definition) is 3. The zero-order chi connectivity index (χ0) is 23.1. The zero-order valence-electron chi connectivity index (χ0n) is 20.9. The van der Waals surface area contributed by atoms with Crippen LogP contribution in [0.2, 0.25) is 0 Å². The van der Waals surface area contributed by atoms with Crippen LogP contribution < -0.4 is 0 Å². The summed E-state index contributed by atoms with van der Waals surface area (Å²) in [5.41, 5.74) is 1.45. The fourth-order valence-corrected chi connectivity index (χ4v) is 8.91. The summed E-state index contributed by atoms with van der Waals surface area (Å²) in [6, 6.07) is 10.5. The summed E-state index contributed by atoms with van der Waals surface area (Å²) in [4.78, 5) is 11.5. The molecule has 3 heteroatoms. The van der Waals surface area contributed by atoms with Gasteiger partial charge in [0.2, 0.25) is 0 Å². The third-order valence-electron chi connectivity index (χ3n) is 10.7. The Balaban J connectivity index is 1.43. The highest BCUT2D eigenvalue weighted by molar-refractivity contribution is 5.66. The summed E-state index contributed by atoms with van der Waals surface area (Å²) in [5, 5.41) is 0. The van der Waals surface area contributed by atoms with Gasteiger partial charge in [0.1, 0.15) is 0 Å². The number of carbonyl (C=O) groups excluding carboxylic acids is 1. The molecule has 4 aliphatic carbocycles. The van der Waals surface area contributed by atoms with Crippen LogP contribution >= 0.6 is 0 Å². The molecule has 0 N–H and O–H groups in total. The first kappa shape index (κ1) is 23.1. The molecule has 0 spiro atoms. The Hall–Kier alpha value is -1.61. The first-order valence-electron chi connectivity index (χ1n) is 13.4. The lowest BCUT2D eigenvalue weighted by Gasteiger charge is -2.61. The van der Waals surface area contributed by atoms with Crippen LogP contribution in [-0.4, -0.2) is 11.6 Å². The quantitative estimate of drug-likeness (QED) is 0.345. The van der Waals surface area contributed by atoms with E-state index in [0.717, 1.165) is 24.2 Å². The van der Waals surface area contributed by atoms with E-state index < -0.39 is 0 Å². The first-order chi connectivity index (χ1) is 15.9. The minimum Gasteiger partial charge on any atom is -0.435 e. The lowest BCUT2D eigenvalue weighted by atomic mass is 9.44. The Morgan fingerprint density at radius 1 is 0.970 bits per heavy atom. The SMILES string of the molecule is CC(=O)O/C=C/[C@@]1(OCc2ccccc2)CC[C@H]2[C@@H]3CCC4CCCC[C@]4(C)[C@H]3CC[C@@]21C. The molecule has 0 aromatic heterocycles. The van der Waals surface area contributed by atoms with E-state index in [4.69, 9.17) is 9.47 Å². The standard InChI is InChI=1S/C30H42O3/c1-22(31)32-20-19-30(33-21-23-9-5-4-6-10-23)18-15-27-25-13-12-24-11-7-8-16-28(24,2)26(25)14-17-29(27,30)3/h4-6,9-10,19-20,24-27H,7-8,11-18,21H2,1-3H3/b20-19+/t24?,25-,26+,27+,28+,29+,30+/m1/s1. The lowest BCUT2D eigenvalue weighted by Crippen LogP contribution is -2.56. The Morgan fingerprint density at radius 2 is 1.76 bits per heavy atom. The van der Waals surface area contributed by atoms with Crippen molar-refractivity contribution in [2.45, 2.75) is 97.2 Å². The predicted octanol–water partition coefficient (Wildman–Crippen LogP) is 7.45. The van der Waals surface area contributed by atoms with E-state index >= 15 is 0 Å². The third kappa shape index (κ3) is 3.89. The number of esters is 1. The van der Waals surface area contributed by atoms with Gasteiger partial charge in [-0.3, -0.25) is 4.79 Å². The molecule has 7 atom stereocenters. The second-order valence-electron chi connectivity index (χ2n) is 12.0. The molecular weight excluding hydrogens is 408 g/mol. The van der Waals surface area contributed by atoms with Crippen LogP contribution in [0.1, 0.15) is 90.5 Å². The largest absolute Gasteiger partial charge is 0.435 e. The molecule has 0 amide bonds. The molecule has 33 heavy (non-hydrogen) atoms. The molecule has 1 unspecified atom stereocenters. The third-order valence-corrected chi connectivity index (χ3v) is 10.7. The molecule has 1 aromatic carbocycles. The van der Waals surface area contributed by atoms with Crippen molar-refractivity contribution in [2.24, 2.45) is 34.5 Å². The van der Waals surface area contributed by atoms with Crippen molar-refractivity contribution in [3.8, 4) is 0 Å². The van der Waals surface area contributed by atoms with E-state index in [1.807, 2.05) is 0 Å². The summed E-state index contributed by atoms with van der Waals surface area (Å²) in [7, 11) is 0. The molecule has 1 aromatic rings. The summed E-state index contributed by atoms with van der Waals surface area (Å²) in [5.74, 6) is 3.05. The van der Waals surface area contributed by atoms with Crippen LogP contribution in [-0.2, 0) is 20.9 Å². The minimum absolute atomic E-state index is 0.0808. The molecule has 0 heterocycles. The summed E-state index contributed by atoms with van der Waals surface area (Å²) in [6.07, 6.45) is 17.1. The maximum atomic E-state index is 11.5. The molecule has 4 saturated carbocycles. The van der Waals surface area contributed by atoms with E-state index in [9.17, 15) is 4.79 Å². The Bertz CT molecular complexity index is 878. The second-order valence-corrected chi connectivity index (χ2v) is 12.0. The van der Waals surface area contributed by atoms with Crippen molar-refractivity contribution >= 4 is 5.97 Å². The van der Waals surface area contributed by atoms with Gasteiger partial charge in [0.05, 0.1) is 18.5 Å². The van der Waals surface area contributed by atoms with Gasteiger partial charge < -0.3 is 9.47 Å². The number of rotatable bonds is 5. The maximum absolute atomic E-state index is 11.5. The van der Waals surface area contributed by atoms with Crippen LogP contribution in [0, 0.1) is 34.5 Å². The van der Waals surface area contributed by atoms with E-state index in [1.54, 1.807) is 6.26 Å². The van der Waals surface area contributed by atoms with Crippen molar-refractivity contribution in [2.75, 3.05) is 0 Å². The van der Waals surface area contributed by atoms with Crippen LogP contribution in [0.3, 0.4) is 0 Å². The topological polar surface area (TPSA) is 35.5 Å². The fourth-order valence-electron chi connectivity index (χ4n) is 8.91. The molecule has 4 aliphatic rings. The van der Waals surface area contributed by atoms with Gasteiger partial charge in [0.15, 0.2) is 0 Å². The minimum atomic E-state index is -0.377. The van der Waals surface area contributed by atoms with Gasteiger partial charge in [-0.05, 0) is 92.1 Å². The average Bonchev–Trinajstić information content (AvgIpc) is 3.10. The van der Waals surface area contributed by atoms with E-state index in [1.165, 1.54) is 70.3 Å². The molecule has 3 nitrogen and oxygen atoms in total. The average molecular weight is 451 g/mol. The Morgan fingerprint density at radius 3 is 2.55 bits per heavy atom. The molecule has 0 bridgehead atoms. The number of fused-ring (bicyclic) bond motifs is 5. The van der Waals surface area contributed by atoms with Gasteiger partial charge in [-0.1, -0.05) is 57.0 Å².